The molecule has 0 radical (unpaired) electrons. The number of nitrogens with two attached hydrogens (primary N) is 1. The molecule has 1 saturated heterocycles. The molecule has 2 fully saturated rings. The summed E-state index contributed by atoms with van der Waals surface area (Å²) < 4.78 is 0. The van der Waals surface area contributed by atoms with Crippen LogP contribution in [0.5, 0.6) is 0 Å². The van der Waals surface area contributed by atoms with Gasteiger partial charge in [-0.2, -0.15) is 0 Å². The minimum atomic E-state index is -0.444. The van der Waals surface area contributed by atoms with Crippen molar-refractivity contribution in [2.24, 2.45) is 11.7 Å². The Morgan fingerprint density at radius 3 is 2.45 bits per heavy atom. The lowest BCUT2D eigenvalue weighted by molar-refractivity contribution is -0.133. The third-order valence-corrected chi connectivity index (χ3v) is 7.03. The number of primary amides is 1. The van der Waals surface area contributed by atoms with E-state index in [9.17, 15) is 9.59 Å². The molecule has 2 amide bonds. The maximum atomic E-state index is 13.1. The summed E-state index contributed by atoms with van der Waals surface area (Å²) in [6.07, 6.45) is 10.7. The number of benzene rings is 1. The van der Waals surface area contributed by atoms with Gasteiger partial charge in [0.1, 0.15) is 0 Å². The third-order valence-electron chi connectivity index (χ3n) is 7.03. The van der Waals surface area contributed by atoms with Crippen LogP contribution in [-0.4, -0.2) is 53.9 Å². The zero-order chi connectivity index (χ0) is 23.4. The Balaban J connectivity index is 1.58. The van der Waals surface area contributed by atoms with Gasteiger partial charge in [-0.25, -0.2) is 9.97 Å². The summed E-state index contributed by atoms with van der Waals surface area (Å²) in [5, 5.41) is 0. The number of anilines is 1. The second kappa shape index (κ2) is 10.3. The molecule has 2 aliphatic rings. The van der Waals surface area contributed by atoms with Crippen LogP contribution in [0.1, 0.15) is 73.3 Å². The predicted molar refractivity (Wildman–Crippen MR) is 130 cm³/mol. The normalized spacial score (nSPS) is 19.3. The Labute approximate surface area is 196 Å². The highest BCUT2D eigenvalue weighted by atomic mass is 16.2. The summed E-state index contributed by atoms with van der Waals surface area (Å²) in [5.41, 5.74) is 8.75. The van der Waals surface area contributed by atoms with Crippen LogP contribution < -0.4 is 10.6 Å². The largest absolute Gasteiger partial charge is 0.366 e. The number of amides is 2. The van der Waals surface area contributed by atoms with Gasteiger partial charge in [0.2, 0.25) is 17.8 Å². The number of aromatic nitrogens is 2. The van der Waals surface area contributed by atoms with E-state index in [-0.39, 0.29) is 5.92 Å². The van der Waals surface area contributed by atoms with E-state index in [1.165, 1.54) is 32.1 Å². The molecule has 1 saturated carbocycles. The summed E-state index contributed by atoms with van der Waals surface area (Å²) in [5.74, 6) is 1.21. The first-order valence-electron chi connectivity index (χ1n) is 12.1. The molecule has 4 rings (SSSR count). The molecule has 1 aromatic carbocycles. The van der Waals surface area contributed by atoms with E-state index in [0.29, 0.717) is 36.3 Å². The molecule has 2 aromatic rings. The number of hydrogen-bond donors (Lipinski definition) is 1. The monoisotopic (exact) mass is 449 g/mol. The van der Waals surface area contributed by atoms with Gasteiger partial charge in [0.25, 0.3) is 0 Å². The highest BCUT2D eigenvalue weighted by molar-refractivity contribution is 5.93. The van der Waals surface area contributed by atoms with Crippen molar-refractivity contribution in [3.8, 4) is 11.1 Å². The first-order chi connectivity index (χ1) is 15.9. The molecule has 1 aromatic heterocycles. The van der Waals surface area contributed by atoms with Crippen LogP contribution in [-0.2, 0) is 4.79 Å². The van der Waals surface area contributed by atoms with Gasteiger partial charge in [-0.05, 0) is 49.3 Å². The molecule has 0 unspecified atom stereocenters. The van der Waals surface area contributed by atoms with Crippen LogP contribution in [0.3, 0.4) is 0 Å². The fraction of sp³-hybridized carbons (Fsp3) is 0.538. The number of carbonyl (C=O) groups is 2. The van der Waals surface area contributed by atoms with Crippen LogP contribution in [0.15, 0.2) is 30.5 Å². The molecule has 2 heterocycles. The first-order valence-corrected chi connectivity index (χ1v) is 12.1. The van der Waals surface area contributed by atoms with Gasteiger partial charge in [0.05, 0.1) is 5.69 Å². The van der Waals surface area contributed by atoms with Crippen molar-refractivity contribution in [3.05, 3.63) is 41.7 Å². The zero-order valence-electron chi connectivity index (χ0n) is 19.8. The van der Waals surface area contributed by atoms with Gasteiger partial charge in [0.15, 0.2) is 0 Å². The van der Waals surface area contributed by atoms with Crippen LogP contribution in [0.25, 0.3) is 11.1 Å². The topological polar surface area (TPSA) is 92.4 Å². The maximum Gasteiger partial charge on any atom is 0.248 e. The van der Waals surface area contributed by atoms with E-state index in [4.69, 9.17) is 10.7 Å². The lowest BCUT2D eigenvalue weighted by Crippen LogP contribution is -2.40. The second-order valence-corrected chi connectivity index (χ2v) is 9.69. The van der Waals surface area contributed by atoms with Crippen molar-refractivity contribution in [2.75, 3.05) is 32.1 Å². The van der Waals surface area contributed by atoms with Crippen molar-refractivity contribution < 1.29 is 9.59 Å². The van der Waals surface area contributed by atoms with Gasteiger partial charge in [-0.1, -0.05) is 31.4 Å². The van der Waals surface area contributed by atoms with Gasteiger partial charge in [-0.15, -0.1) is 0 Å². The van der Waals surface area contributed by atoms with Crippen molar-refractivity contribution in [1.29, 1.82) is 0 Å². The minimum absolute atomic E-state index is 0.154. The van der Waals surface area contributed by atoms with E-state index in [1.54, 1.807) is 12.1 Å². The Morgan fingerprint density at radius 2 is 1.79 bits per heavy atom. The molecule has 0 spiro atoms. The Kier molecular flexibility index (Phi) is 7.26. The highest BCUT2D eigenvalue weighted by Gasteiger charge is 2.29. The number of hydrogen-bond acceptors (Lipinski definition) is 5. The van der Waals surface area contributed by atoms with Crippen LogP contribution in [0.4, 0.5) is 5.95 Å². The lowest BCUT2D eigenvalue weighted by atomic mass is 9.86. The second-order valence-electron chi connectivity index (χ2n) is 9.69. The number of piperidine rings is 1. The van der Waals surface area contributed by atoms with E-state index >= 15 is 0 Å². The summed E-state index contributed by atoms with van der Waals surface area (Å²) >= 11 is 0. The average Bonchev–Trinajstić information content (AvgIpc) is 2.84. The number of likely N-dealkylation sites (tertiary alicyclic amines) is 1. The minimum Gasteiger partial charge on any atom is -0.366 e. The van der Waals surface area contributed by atoms with Crippen LogP contribution in [0.2, 0.25) is 0 Å². The standard InChI is InChI=1S/C26H35N5O2/c1-30(2)26-28-16-22(19-10-12-20(13-11-19)25(27)33)24(29-26)21-9-6-14-31(17-21)23(32)15-18-7-4-3-5-8-18/h10-13,16,18,21H,3-9,14-15,17H2,1-2H3,(H2,27,33)/t21-/m1/s1. The van der Waals surface area contributed by atoms with Crippen molar-refractivity contribution in [2.45, 2.75) is 57.3 Å². The smallest absolute Gasteiger partial charge is 0.248 e. The molecular formula is C26H35N5O2. The van der Waals surface area contributed by atoms with Gasteiger partial charge in [-0.3, -0.25) is 9.59 Å². The highest BCUT2D eigenvalue weighted by Crippen LogP contribution is 2.35. The first kappa shape index (κ1) is 23.2. The SMILES string of the molecule is CN(C)c1ncc(-c2ccc(C(N)=O)cc2)c([C@@H]2CCCN(C(=O)CC3CCCCC3)C2)n1. The molecule has 1 aliphatic heterocycles. The van der Waals surface area contributed by atoms with Crippen LogP contribution >= 0.6 is 0 Å². The van der Waals surface area contributed by atoms with Crippen molar-refractivity contribution >= 4 is 17.8 Å². The molecule has 7 nitrogen and oxygen atoms in total. The van der Waals surface area contributed by atoms with Crippen molar-refractivity contribution in [3.63, 3.8) is 0 Å². The Morgan fingerprint density at radius 1 is 1.06 bits per heavy atom. The number of rotatable bonds is 6. The molecule has 7 heteroatoms. The number of nitrogens with zero attached hydrogens (tertiary/aromatic N) is 4. The van der Waals surface area contributed by atoms with E-state index in [1.807, 2.05) is 37.3 Å². The Hall–Kier alpha value is -2.96. The lowest BCUT2D eigenvalue weighted by Gasteiger charge is -2.34. The molecule has 0 bridgehead atoms. The summed E-state index contributed by atoms with van der Waals surface area (Å²) in [7, 11) is 3.86. The fourth-order valence-corrected chi connectivity index (χ4v) is 5.14. The summed E-state index contributed by atoms with van der Waals surface area (Å²) in [4.78, 5) is 38.0. The van der Waals surface area contributed by atoms with Gasteiger partial charge >= 0.3 is 0 Å². The van der Waals surface area contributed by atoms with Crippen LogP contribution in [0, 0.1) is 5.92 Å². The molecular weight excluding hydrogens is 414 g/mol. The molecule has 2 N–H and O–H groups in total. The number of carbonyl (C=O) groups excluding carboxylic acids is 2. The molecule has 1 aliphatic carbocycles. The quantitative estimate of drug-likeness (QED) is 0.720. The summed E-state index contributed by atoms with van der Waals surface area (Å²) in [6, 6.07) is 7.27. The fourth-order valence-electron chi connectivity index (χ4n) is 5.14. The van der Waals surface area contributed by atoms with Gasteiger partial charge in [0, 0.05) is 56.8 Å². The zero-order valence-corrected chi connectivity index (χ0v) is 19.8. The molecule has 176 valence electrons. The van der Waals surface area contributed by atoms with E-state index in [2.05, 4.69) is 9.88 Å². The maximum absolute atomic E-state index is 13.1. The Bertz CT molecular complexity index is 983. The van der Waals surface area contributed by atoms with E-state index in [0.717, 1.165) is 36.2 Å². The molecule has 33 heavy (non-hydrogen) atoms. The molecule has 1 atom stereocenters. The summed E-state index contributed by atoms with van der Waals surface area (Å²) in [6.45, 7) is 1.53. The van der Waals surface area contributed by atoms with E-state index < -0.39 is 5.91 Å². The predicted octanol–water partition coefficient (Wildman–Crippen LogP) is 3.98. The third kappa shape index (κ3) is 5.52. The van der Waals surface area contributed by atoms with Gasteiger partial charge < -0.3 is 15.5 Å². The van der Waals surface area contributed by atoms with Crippen molar-refractivity contribution in [1.82, 2.24) is 14.9 Å². The average molecular weight is 450 g/mol.